The highest BCUT2D eigenvalue weighted by Crippen LogP contribution is 2.28. The average Bonchev–Trinajstić information content (AvgIpc) is 2.39. The van der Waals surface area contributed by atoms with E-state index in [9.17, 15) is 0 Å². The summed E-state index contributed by atoms with van der Waals surface area (Å²) in [6, 6.07) is 11.8. The van der Waals surface area contributed by atoms with Crippen LogP contribution in [0.4, 0.5) is 0 Å². The number of pyridine rings is 1. The predicted octanol–water partition coefficient (Wildman–Crippen LogP) is 2.22. The monoisotopic (exact) mass is 214 g/mol. The van der Waals surface area contributed by atoms with Crippen LogP contribution in [-0.2, 0) is 6.54 Å². The lowest BCUT2D eigenvalue weighted by Crippen LogP contribution is -1.98. The molecule has 2 aromatic rings. The van der Waals surface area contributed by atoms with Crippen molar-refractivity contribution in [3.63, 3.8) is 0 Å². The van der Waals surface area contributed by atoms with Crippen LogP contribution in [-0.4, -0.2) is 12.1 Å². The molecule has 3 heteroatoms. The van der Waals surface area contributed by atoms with E-state index in [1.807, 2.05) is 42.6 Å². The van der Waals surface area contributed by atoms with Gasteiger partial charge in [0.1, 0.15) is 5.75 Å². The number of hydrogen-bond donors (Lipinski definition) is 1. The zero-order valence-corrected chi connectivity index (χ0v) is 9.18. The summed E-state index contributed by atoms with van der Waals surface area (Å²) in [5.41, 5.74) is 8.47. The summed E-state index contributed by atoms with van der Waals surface area (Å²) in [5.74, 6) is 0.852. The topological polar surface area (TPSA) is 48.1 Å². The van der Waals surface area contributed by atoms with Crippen molar-refractivity contribution in [3.05, 3.63) is 48.3 Å². The van der Waals surface area contributed by atoms with Gasteiger partial charge in [0.15, 0.2) is 0 Å². The molecule has 0 bridgehead atoms. The van der Waals surface area contributed by atoms with E-state index in [-0.39, 0.29) is 0 Å². The van der Waals surface area contributed by atoms with Gasteiger partial charge in [-0.3, -0.25) is 4.98 Å². The van der Waals surface area contributed by atoms with Crippen molar-refractivity contribution in [1.29, 1.82) is 0 Å². The smallest absolute Gasteiger partial charge is 0.126 e. The first-order valence-corrected chi connectivity index (χ1v) is 5.13. The molecule has 2 N–H and O–H groups in total. The van der Waals surface area contributed by atoms with Crippen molar-refractivity contribution in [1.82, 2.24) is 4.98 Å². The van der Waals surface area contributed by atoms with E-state index in [0.717, 1.165) is 22.6 Å². The molecule has 0 aliphatic rings. The number of rotatable bonds is 3. The third-order valence-electron chi connectivity index (χ3n) is 2.45. The predicted molar refractivity (Wildman–Crippen MR) is 64.1 cm³/mol. The Morgan fingerprint density at radius 2 is 2.00 bits per heavy atom. The summed E-state index contributed by atoms with van der Waals surface area (Å²) in [6.07, 6.45) is 1.82. The summed E-state index contributed by atoms with van der Waals surface area (Å²) in [5, 5.41) is 0. The van der Waals surface area contributed by atoms with Crippen LogP contribution < -0.4 is 10.5 Å². The maximum absolute atomic E-state index is 5.51. The Bertz CT molecular complexity index is 466. The first kappa shape index (κ1) is 10.6. The summed E-state index contributed by atoms with van der Waals surface area (Å²) in [4.78, 5) is 4.27. The average molecular weight is 214 g/mol. The van der Waals surface area contributed by atoms with Crippen molar-refractivity contribution in [3.8, 4) is 16.9 Å². The van der Waals surface area contributed by atoms with Gasteiger partial charge in [-0.1, -0.05) is 24.3 Å². The van der Waals surface area contributed by atoms with E-state index >= 15 is 0 Å². The van der Waals surface area contributed by atoms with Crippen LogP contribution in [0.3, 0.4) is 0 Å². The molecule has 16 heavy (non-hydrogen) atoms. The van der Waals surface area contributed by atoms with Gasteiger partial charge >= 0.3 is 0 Å². The van der Waals surface area contributed by atoms with E-state index in [0.29, 0.717) is 6.54 Å². The fourth-order valence-electron chi connectivity index (χ4n) is 1.59. The molecule has 82 valence electrons. The van der Waals surface area contributed by atoms with Gasteiger partial charge in [-0.2, -0.15) is 0 Å². The Kier molecular flexibility index (Phi) is 3.17. The summed E-state index contributed by atoms with van der Waals surface area (Å²) in [6.45, 7) is 0.464. The molecule has 0 amide bonds. The Morgan fingerprint density at radius 1 is 1.19 bits per heavy atom. The molecule has 0 unspecified atom stereocenters. The number of nitrogens with two attached hydrogens (primary N) is 1. The maximum Gasteiger partial charge on any atom is 0.126 e. The van der Waals surface area contributed by atoms with Crippen molar-refractivity contribution >= 4 is 0 Å². The first-order valence-electron chi connectivity index (χ1n) is 5.13. The standard InChI is InChI=1S/C13H14N2O/c1-16-13-5-3-2-4-12(13)10-6-7-11(8-14)15-9-10/h2-7,9H,8,14H2,1H3. The highest BCUT2D eigenvalue weighted by Gasteiger charge is 2.04. The molecule has 2 rings (SSSR count). The minimum Gasteiger partial charge on any atom is -0.496 e. The van der Waals surface area contributed by atoms with Gasteiger partial charge in [-0.25, -0.2) is 0 Å². The first-order chi connectivity index (χ1) is 7.85. The van der Waals surface area contributed by atoms with E-state index in [2.05, 4.69) is 4.98 Å². The molecule has 3 nitrogen and oxygen atoms in total. The molecule has 0 aliphatic heterocycles. The van der Waals surface area contributed by atoms with Gasteiger partial charge in [0, 0.05) is 23.9 Å². The molecule has 0 atom stereocenters. The molecule has 0 saturated heterocycles. The third kappa shape index (κ3) is 2.04. The summed E-state index contributed by atoms with van der Waals surface area (Å²) in [7, 11) is 1.67. The van der Waals surface area contributed by atoms with E-state index in [1.165, 1.54) is 0 Å². The van der Waals surface area contributed by atoms with Crippen LogP contribution in [0.15, 0.2) is 42.6 Å². The Balaban J connectivity index is 2.42. The van der Waals surface area contributed by atoms with Crippen LogP contribution in [0, 0.1) is 0 Å². The van der Waals surface area contributed by atoms with Crippen molar-refractivity contribution < 1.29 is 4.74 Å². The molecule has 0 spiro atoms. The molecule has 0 saturated carbocycles. The maximum atomic E-state index is 5.51. The largest absolute Gasteiger partial charge is 0.496 e. The lowest BCUT2D eigenvalue weighted by Gasteiger charge is -2.08. The number of hydrogen-bond acceptors (Lipinski definition) is 3. The highest BCUT2D eigenvalue weighted by atomic mass is 16.5. The Morgan fingerprint density at radius 3 is 2.62 bits per heavy atom. The zero-order chi connectivity index (χ0) is 11.4. The molecular weight excluding hydrogens is 200 g/mol. The lowest BCUT2D eigenvalue weighted by atomic mass is 10.1. The molecule has 1 aromatic carbocycles. The molecule has 0 radical (unpaired) electrons. The Labute approximate surface area is 94.9 Å². The van der Waals surface area contributed by atoms with Gasteiger partial charge in [0.2, 0.25) is 0 Å². The Hall–Kier alpha value is -1.87. The highest BCUT2D eigenvalue weighted by molar-refractivity contribution is 5.69. The number of benzene rings is 1. The number of ether oxygens (including phenoxy) is 1. The van der Waals surface area contributed by atoms with Crippen LogP contribution in [0.25, 0.3) is 11.1 Å². The van der Waals surface area contributed by atoms with Crippen LogP contribution >= 0.6 is 0 Å². The lowest BCUT2D eigenvalue weighted by molar-refractivity contribution is 0.416. The number of methoxy groups -OCH3 is 1. The van der Waals surface area contributed by atoms with Gasteiger partial charge in [-0.15, -0.1) is 0 Å². The van der Waals surface area contributed by atoms with Gasteiger partial charge in [-0.05, 0) is 12.1 Å². The minimum atomic E-state index is 0.464. The van der Waals surface area contributed by atoms with E-state index in [1.54, 1.807) is 7.11 Å². The van der Waals surface area contributed by atoms with Crippen LogP contribution in [0.5, 0.6) is 5.75 Å². The second kappa shape index (κ2) is 4.77. The fraction of sp³-hybridized carbons (Fsp3) is 0.154. The molecule has 1 heterocycles. The third-order valence-corrected chi connectivity index (χ3v) is 2.45. The normalized spacial score (nSPS) is 10.1. The van der Waals surface area contributed by atoms with Crippen molar-refractivity contribution in [2.24, 2.45) is 5.73 Å². The number of para-hydroxylation sites is 1. The second-order valence-electron chi connectivity index (χ2n) is 3.44. The summed E-state index contributed by atoms with van der Waals surface area (Å²) < 4.78 is 5.30. The SMILES string of the molecule is COc1ccccc1-c1ccc(CN)nc1. The second-order valence-corrected chi connectivity index (χ2v) is 3.44. The van der Waals surface area contributed by atoms with Crippen molar-refractivity contribution in [2.45, 2.75) is 6.54 Å². The quantitative estimate of drug-likeness (QED) is 0.852. The molecule has 1 aromatic heterocycles. The number of nitrogens with zero attached hydrogens (tertiary/aromatic N) is 1. The minimum absolute atomic E-state index is 0.464. The number of aromatic nitrogens is 1. The van der Waals surface area contributed by atoms with Crippen molar-refractivity contribution in [2.75, 3.05) is 7.11 Å². The van der Waals surface area contributed by atoms with Crippen LogP contribution in [0.2, 0.25) is 0 Å². The molecule has 0 fully saturated rings. The van der Waals surface area contributed by atoms with Gasteiger partial charge in [0.05, 0.1) is 12.8 Å². The van der Waals surface area contributed by atoms with Gasteiger partial charge in [0.25, 0.3) is 0 Å². The zero-order valence-electron chi connectivity index (χ0n) is 9.18. The molecule has 0 aliphatic carbocycles. The van der Waals surface area contributed by atoms with E-state index in [4.69, 9.17) is 10.5 Å². The molecular formula is C13H14N2O. The fourth-order valence-corrected chi connectivity index (χ4v) is 1.59. The van der Waals surface area contributed by atoms with E-state index < -0.39 is 0 Å². The van der Waals surface area contributed by atoms with Gasteiger partial charge < -0.3 is 10.5 Å². The summed E-state index contributed by atoms with van der Waals surface area (Å²) >= 11 is 0. The van der Waals surface area contributed by atoms with Crippen LogP contribution in [0.1, 0.15) is 5.69 Å².